The summed E-state index contributed by atoms with van der Waals surface area (Å²) in [4.78, 5) is 36.3. The molecular formula is C28H26N2O5. The second-order valence-electron chi connectivity index (χ2n) is 8.35. The van der Waals surface area contributed by atoms with Gasteiger partial charge in [0.2, 0.25) is 0 Å². The Bertz CT molecular complexity index is 1280. The SMILES string of the molecule is C/C(=C\CNC(=O)OCC1c2ccccc2-c2ccccc21)C(=O)Nc1cccc(C)c1C(=O)O. The van der Waals surface area contributed by atoms with Gasteiger partial charge in [-0.3, -0.25) is 4.79 Å². The first-order valence-electron chi connectivity index (χ1n) is 11.3. The maximum Gasteiger partial charge on any atom is 0.407 e. The Morgan fingerprint density at radius 3 is 2.20 bits per heavy atom. The number of nitrogens with one attached hydrogen (secondary N) is 2. The van der Waals surface area contributed by atoms with Gasteiger partial charge in [-0.05, 0) is 47.7 Å². The van der Waals surface area contributed by atoms with Crippen molar-refractivity contribution in [1.82, 2.24) is 5.32 Å². The fraction of sp³-hybridized carbons (Fsp3) is 0.179. The van der Waals surface area contributed by atoms with Gasteiger partial charge in [-0.25, -0.2) is 9.59 Å². The fourth-order valence-corrected chi connectivity index (χ4v) is 4.31. The molecule has 178 valence electrons. The fourth-order valence-electron chi connectivity index (χ4n) is 4.31. The monoisotopic (exact) mass is 470 g/mol. The Morgan fingerprint density at radius 1 is 0.943 bits per heavy atom. The van der Waals surface area contributed by atoms with Crippen LogP contribution in [0.2, 0.25) is 0 Å². The number of carbonyl (C=O) groups is 3. The average Bonchev–Trinajstić information content (AvgIpc) is 3.16. The Morgan fingerprint density at radius 2 is 1.57 bits per heavy atom. The highest BCUT2D eigenvalue weighted by atomic mass is 16.5. The molecule has 2 amide bonds. The van der Waals surface area contributed by atoms with Crippen molar-refractivity contribution in [2.45, 2.75) is 19.8 Å². The predicted molar refractivity (Wildman–Crippen MR) is 134 cm³/mol. The van der Waals surface area contributed by atoms with E-state index in [0.29, 0.717) is 11.1 Å². The minimum absolute atomic E-state index is 0.0334. The Hall–Kier alpha value is -4.39. The summed E-state index contributed by atoms with van der Waals surface area (Å²) >= 11 is 0. The van der Waals surface area contributed by atoms with Gasteiger partial charge in [-0.15, -0.1) is 0 Å². The molecule has 0 saturated heterocycles. The van der Waals surface area contributed by atoms with Gasteiger partial charge in [0.05, 0.1) is 11.3 Å². The summed E-state index contributed by atoms with van der Waals surface area (Å²) in [6.07, 6.45) is 0.968. The molecule has 7 heteroatoms. The van der Waals surface area contributed by atoms with E-state index in [9.17, 15) is 19.5 Å². The van der Waals surface area contributed by atoms with Crippen molar-refractivity contribution in [2.75, 3.05) is 18.5 Å². The molecule has 3 aromatic rings. The molecule has 0 unspecified atom stereocenters. The van der Waals surface area contributed by atoms with Crippen LogP contribution in [0.15, 0.2) is 78.4 Å². The van der Waals surface area contributed by atoms with Gasteiger partial charge >= 0.3 is 12.1 Å². The van der Waals surface area contributed by atoms with E-state index >= 15 is 0 Å². The van der Waals surface area contributed by atoms with Crippen molar-refractivity contribution < 1.29 is 24.2 Å². The van der Waals surface area contributed by atoms with E-state index in [-0.39, 0.29) is 30.3 Å². The molecule has 0 bridgehead atoms. The third kappa shape index (κ3) is 5.09. The van der Waals surface area contributed by atoms with Crippen LogP contribution in [0.3, 0.4) is 0 Å². The third-order valence-electron chi connectivity index (χ3n) is 6.09. The van der Waals surface area contributed by atoms with Gasteiger partial charge in [0.1, 0.15) is 6.61 Å². The molecule has 4 rings (SSSR count). The lowest BCUT2D eigenvalue weighted by Crippen LogP contribution is -2.27. The zero-order chi connectivity index (χ0) is 24.9. The highest BCUT2D eigenvalue weighted by molar-refractivity contribution is 6.07. The molecule has 0 saturated carbocycles. The molecule has 0 radical (unpaired) electrons. The second kappa shape index (κ2) is 10.3. The van der Waals surface area contributed by atoms with Crippen LogP contribution in [0.5, 0.6) is 0 Å². The summed E-state index contributed by atoms with van der Waals surface area (Å²) < 4.78 is 5.49. The summed E-state index contributed by atoms with van der Waals surface area (Å²) in [5, 5.41) is 14.7. The number of hydrogen-bond donors (Lipinski definition) is 3. The number of carboxylic acid groups (broad SMARTS) is 1. The molecule has 1 aliphatic carbocycles. The standard InChI is InChI=1S/C28H26N2O5/c1-17-8-7-13-24(25(17)27(32)33)30-26(31)18(2)14-15-29-28(34)35-16-23-21-11-5-3-9-19(21)20-10-4-6-12-22(20)23/h3-14,23H,15-16H2,1-2H3,(H,29,34)(H,30,31)(H,32,33)/b18-14+. The number of amides is 2. The van der Waals surface area contributed by atoms with E-state index in [2.05, 4.69) is 34.9 Å². The lowest BCUT2D eigenvalue weighted by molar-refractivity contribution is -0.112. The number of hydrogen-bond acceptors (Lipinski definition) is 4. The molecule has 0 heterocycles. The van der Waals surface area contributed by atoms with E-state index in [1.54, 1.807) is 32.1 Å². The van der Waals surface area contributed by atoms with Gasteiger partial charge in [-0.2, -0.15) is 0 Å². The lowest BCUT2D eigenvalue weighted by Gasteiger charge is -2.14. The first-order valence-corrected chi connectivity index (χ1v) is 11.3. The quantitative estimate of drug-likeness (QED) is 0.416. The van der Waals surface area contributed by atoms with Gasteiger partial charge < -0.3 is 20.5 Å². The minimum Gasteiger partial charge on any atom is -0.478 e. The molecular weight excluding hydrogens is 444 g/mol. The van der Waals surface area contributed by atoms with Gasteiger partial charge in [0, 0.05) is 18.0 Å². The van der Waals surface area contributed by atoms with E-state index in [4.69, 9.17) is 4.74 Å². The molecule has 0 aromatic heterocycles. The van der Waals surface area contributed by atoms with Crippen molar-refractivity contribution in [3.05, 3.63) is 101 Å². The van der Waals surface area contributed by atoms with Crippen LogP contribution in [-0.2, 0) is 9.53 Å². The topological polar surface area (TPSA) is 105 Å². The first kappa shape index (κ1) is 23.8. The molecule has 1 aliphatic rings. The summed E-state index contributed by atoms with van der Waals surface area (Å²) in [5.74, 6) is -1.60. The summed E-state index contributed by atoms with van der Waals surface area (Å²) in [5.41, 5.74) is 5.72. The van der Waals surface area contributed by atoms with Crippen molar-refractivity contribution in [3.8, 4) is 11.1 Å². The number of rotatable bonds is 7. The normalized spacial score (nSPS) is 12.5. The molecule has 3 aromatic carbocycles. The second-order valence-corrected chi connectivity index (χ2v) is 8.35. The van der Waals surface area contributed by atoms with Crippen LogP contribution in [0.1, 0.15) is 39.9 Å². The molecule has 0 fully saturated rings. The highest BCUT2D eigenvalue weighted by Crippen LogP contribution is 2.44. The number of anilines is 1. The van der Waals surface area contributed by atoms with Gasteiger partial charge in [0.15, 0.2) is 0 Å². The number of fused-ring (bicyclic) bond motifs is 3. The number of carbonyl (C=O) groups excluding carboxylic acids is 2. The van der Waals surface area contributed by atoms with Crippen molar-refractivity contribution in [3.63, 3.8) is 0 Å². The Kier molecular flexibility index (Phi) is 6.96. The zero-order valence-corrected chi connectivity index (χ0v) is 19.5. The minimum atomic E-state index is -1.11. The maximum absolute atomic E-state index is 12.5. The van der Waals surface area contributed by atoms with E-state index < -0.39 is 18.0 Å². The van der Waals surface area contributed by atoms with Crippen molar-refractivity contribution in [1.29, 1.82) is 0 Å². The molecule has 3 N–H and O–H groups in total. The maximum atomic E-state index is 12.5. The number of ether oxygens (including phenoxy) is 1. The third-order valence-corrected chi connectivity index (χ3v) is 6.09. The van der Waals surface area contributed by atoms with Crippen molar-refractivity contribution in [2.24, 2.45) is 0 Å². The molecule has 0 aliphatic heterocycles. The van der Waals surface area contributed by atoms with Gasteiger partial charge in [-0.1, -0.05) is 66.7 Å². The number of carboxylic acids is 1. The largest absolute Gasteiger partial charge is 0.478 e. The van der Waals surface area contributed by atoms with Crippen LogP contribution >= 0.6 is 0 Å². The Balaban J connectivity index is 1.32. The van der Waals surface area contributed by atoms with Gasteiger partial charge in [0.25, 0.3) is 5.91 Å². The smallest absolute Gasteiger partial charge is 0.407 e. The molecule has 7 nitrogen and oxygen atoms in total. The number of aromatic carboxylic acids is 1. The molecule has 35 heavy (non-hydrogen) atoms. The van der Waals surface area contributed by atoms with Crippen LogP contribution in [0, 0.1) is 6.92 Å². The highest BCUT2D eigenvalue weighted by Gasteiger charge is 2.28. The van der Waals surface area contributed by atoms with E-state index in [1.807, 2.05) is 24.3 Å². The Labute approximate surface area is 203 Å². The average molecular weight is 471 g/mol. The van der Waals surface area contributed by atoms with E-state index in [1.165, 1.54) is 6.07 Å². The van der Waals surface area contributed by atoms with E-state index in [0.717, 1.165) is 22.3 Å². The zero-order valence-electron chi connectivity index (χ0n) is 19.5. The first-order chi connectivity index (χ1) is 16.9. The van der Waals surface area contributed by atoms with Crippen molar-refractivity contribution >= 4 is 23.7 Å². The lowest BCUT2D eigenvalue weighted by atomic mass is 9.98. The van der Waals surface area contributed by atoms with Crippen LogP contribution in [0.4, 0.5) is 10.5 Å². The summed E-state index contributed by atoms with van der Waals surface area (Å²) in [6.45, 7) is 3.55. The summed E-state index contributed by atoms with van der Waals surface area (Å²) in [6, 6.07) is 21.1. The van der Waals surface area contributed by atoms with Crippen LogP contribution in [0.25, 0.3) is 11.1 Å². The van der Waals surface area contributed by atoms with Crippen LogP contribution in [-0.4, -0.2) is 36.2 Å². The molecule has 0 atom stereocenters. The summed E-state index contributed by atoms with van der Waals surface area (Å²) in [7, 11) is 0. The molecule has 0 spiro atoms. The number of benzene rings is 3. The number of aryl methyl sites for hydroxylation is 1. The number of alkyl carbamates (subject to hydrolysis) is 1. The predicted octanol–water partition coefficient (Wildman–Crippen LogP) is 5.12. The van der Waals surface area contributed by atoms with Crippen LogP contribution < -0.4 is 10.6 Å².